The summed E-state index contributed by atoms with van der Waals surface area (Å²) in [5.74, 6) is 6.56. The predicted octanol–water partition coefficient (Wildman–Crippen LogP) is 2.36. The molecule has 0 bridgehead atoms. The molecule has 0 aromatic rings. The van der Waals surface area contributed by atoms with Gasteiger partial charge in [0.2, 0.25) is 0 Å². The highest BCUT2D eigenvalue weighted by Gasteiger charge is 2.22. The van der Waals surface area contributed by atoms with E-state index >= 15 is 0 Å². The number of hydrogen-bond acceptors (Lipinski definition) is 3. The summed E-state index contributed by atoms with van der Waals surface area (Å²) < 4.78 is 5.63. The van der Waals surface area contributed by atoms with Crippen LogP contribution in [0.15, 0.2) is 0 Å². The second kappa shape index (κ2) is 6.58. The highest BCUT2D eigenvalue weighted by atomic mass is 16.5. The first kappa shape index (κ1) is 12.3. The lowest BCUT2D eigenvalue weighted by Crippen LogP contribution is -2.37. The molecule has 2 fully saturated rings. The van der Waals surface area contributed by atoms with Crippen molar-refractivity contribution in [3.8, 4) is 0 Å². The molecule has 2 rings (SSSR count). The van der Waals surface area contributed by atoms with Crippen LogP contribution >= 0.6 is 0 Å². The van der Waals surface area contributed by atoms with Crippen molar-refractivity contribution >= 4 is 0 Å². The summed E-state index contributed by atoms with van der Waals surface area (Å²) >= 11 is 0. The van der Waals surface area contributed by atoms with Crippen molar-refractivity contribution in [3.05, 3.63) is 0 Å². The Labute approximate surface area is 99.1 Å². The van der Waals surface area contributed by atoms with Gasteiger partial charge in [0, 0.05) is 12.6 Å². The molecular weight excluding hydrogens is 200 g/mol. The molecule has 3 N–H and O–H groups in total. The van der Waals surface area contributed by atoms with E-state index in [1.807, 2.05) is 0 Å². The van der Waals surface area contributed by atoms with Crippen LogP contribution in [0.4, 0.5) is 0 Å². The number of hydrazine groups is 1. The average Bonchev–Trinajstić information content (AvgIpc) is 2.73. The van der Waals surface area contributed by atoms with E-state index in [9.17, 15) is 0 Å². The molecule has 3 heteroatoms. The molecule has 0 amide bonds. The van der Waals surface area contributed by atoms with Gasteiger partial charge in [-0.2, -0.15) is 0 Å². The summed E-state index contributed by atoms with van der Waals surface area (Å²) in [7, 11) is 0. The van der Waals surface area contributed by atoms with Gasteiger partial charge < -0.3 is 4.74 Å². The molecule has 2 aliphatic rings. The van der Waals surface area contributed by atoms with Crippen LogP contribution in [0.5, 0.6) is 0 Å². The van der Waals surface area contributed by atoms with Crippen LogP contribution in [0.2, 0.25) is 0 Å². The van der Waals surface area contributed by atoms with Gasteiger partial charge in [-0.1, -0.05) is 19.3 Å². The van der Waals surface area contributed by atoms with Crippen molar-refractivity contribution < 1.29 is 4.74 Å². The van der Waals surface area contributed by atoms with Gasteiger partial charge in [-0.25, -0.2) is 0 Å². The zero-order valence-electron chi connectivity index (χ0n) is 10.3. The van der Waals surface area contributed by atoms with Crippen LogP contribution in [0.25, 0.3) is 0 Å². The first-order valence-electron chi connectivity index (χ1n) is 6.96. The second-order valence-corrected chi connectivity index (χ2v) is 5.46. The summed E-state index contributed by atoms with van der Waals surface area (Å²) in [4.78, 5) is 0. The van der Waals surface area contributed by atoms with Crippen LogP contribution in [0, 0.1) is 5.92 Å². The molecule has 3 nitrogen and oxygen atoms in total. The number of rotatable bonds is 7. The molecule has 0 aromatic heterocycles. The Hall–Kier alpha value is -0.120. The van der Waals surface area contributed by atoms with Crippen molar-refractivity contribution in [2.75, 3.05) is 6.61 Å². The Kier molecular flexibility index (Phi) is 5.07. The zero-order chi connectivity index (χ0) is 11.2. The SMILES string of the molecule is NNC(CCCC1CCCO1)CC1CCC1. The molecule has 2 unspecified atom stereocenters. The molecule has 1 aliphatic carbocycles. The van der Waals surface area contributed by atoms with Gasteiger partial charge in [0.05, 0.1) is 6.10 Å². The Balaban J connectivity index is 1.54. The highest BCUT2D eigenvalue weighted by Crippen LogP contribution is 2.31. The third kappa shape index (κ3) is 3.72. The van der Waals surface area contributed by atoms with Gasteiger partial charge in [0.15, 0.2) is 0 Å². The Bertz CT molecular complexity index is 188. The molecule has 1 saturated heterocycles. The van der Waals surface area contributed by atoms with Crippen LogP contribution < -0.4 is 11.3 Å². The van der Waals surface area contributed by atoms with Crippen molar-refractivity contribution in [3.63, 3.8) is 0 Å². The van der Waals surface area contributed by atoms with Gasteiger partial charge in [-0.15, -0.1) is 0 Å². The summed E-state index contributed by atoms with van der Waals surface area (Å²) in [5.41, 5.74) is 2.99. The van der Waals surface area contributed by atoms with E-state index in [2.05, 4.69) is 5.43 Å². The fraction of sp³-hybridized carbons (Fsp3) is 1.00. The minimum atomic E-state index is 0.534. The van der Waals surface area contributed by atoms with Gasteiger partial charge >= 0.3 is 0 Å². The van der Waals surface area contributed by atoms with Gasteiger partial charge in [-0.3, -0.25) is 11.3 Å². The summed E-state index contributed by atoms with van der Waals surface area (Å²) in [6, 6.07) is 0.534. The van der Waals surface area contributed by atoms with Crippen molar-refractivity contribution in [2.45, 2.75) is 69.9 Å². The molecule has 1 aliphatic heterocycles. The van der Waals surface area contributed by atoms with Crippen molar-refractivity contribution in [1.29, 1.82) is 0 Å². The molecule has 0 aromatic carbocycles. The van der Waals surface area contributed by atoms with Crippen LogP contribution in [0.1, 0.15) is 57.8 Å². The highest BCUT2D eigenvalue weighted by molar-refractivity contribution is 4.76. The summed E-state index contributed by atoms with van der Waals surface area (Å²) in [6.45, 7) is 0.977. The lowest BCUT2D eigenvalue weighted by atomic mass is 9.80. The first-order chi connectivity index (χ1) is 7.88. The lowest BCUT2D eigenvalue weighted by Gasteiger charge is -2.29. The minimum absolute atomic E-state index is 0.534. The number of nitrogens with one attached hydrogen (secondary N) is 1. The minimum Gasteiger partial charge on any atom is -0.378 e. The maximum absolute atomic E-state index is 5.63. The van der Waals surface area contributed by atoms with Crippen LogP contribution in [-0.2, 0) is 4.74 Å². The zero-order valence-corrected chi connectivity index (χ0v) is 10.3. The van der Waals surface area contributed by atoms with Gasteiger partial charge in [0.25, 0.3) is 0 Å². The monoisotopic (exact) mass is 226 g/mol. The Morgan fingerprint density at radius 3 is 2.69 bits per heavy atom. The average molecular weight is 226 g/mol. The molecule has 94 valence electrons. The van der Waals surface area contributed by atoms with Crippen LogP contribution in [-0.4, -0.2) is 18.8 Å². The summed E-state index contributed by atoms with van der Waals surface area (Å²) in [6.07, 6.45) is 12.3. The number of nitrogens with two attached hydrogens (primary N) is 1. The van der Waals surface area contributed by atoms with E-state index in [0.29, 0.717) is 12.1 Å². The van der Waals surface area contributed by atoms with Gasteiger partial charge in [0.1, 0.15) is 0 Å². The molecule has 0 radical (unpaired) electrons. The van der Waals surface area contributed by atoms with E-state index in [4.69, 9.17) is 10.6 Å². The lowest BCUT2D eigenvalue weighted by molar-refractivity contribution is 0.101. The van der Waals surface area contributed by atoms with Crippen molar-refractivity contribution in [1.82, 2.24) is 5.43 Å². The Morgan fingerprint density at radius 1 is 1.25 bits per heavy atom. The maximum atomic E-state index is 5.63. The largest absolute Gasteiger partial charge is 0.378 e. The fourth-order valence-corrected chi connectivity index (χ4v) is 2.86. The number of ether oxygens (including phenoxy) is 1. The predicted molar refractivity (Wildman–Crippen MR) is 65.9 cm³/mol. The number of hydrogen-bond donors (Lipinski definition) is 2. The van der Waals surface area contributed by atoms with Crippen LogP contribution in [0.3, 0.4) is 0 Å². The maximum Gasteiger partial charge on any atom is 0.0576 e. The van der Waals surface area contributed by atoms with E-state index in [1.54, 1.807) is 0 Å². The van der Waals surface area contributed by atoms with Crippen molar-refractivity contribution in [2.24, 2.45) is 11.8 Å². The topological polar surface area (TPSA) is 47.3 Å². The van der Waals surface area contributed by atoms with E-state index < -0.39 is 0 Å². The first-order valence-corrected chi connectivity index (χ1v) is 6.96. The molecule has 16 heavy (non-hydrogen) atoms. The standard InChI is InChI=1S/C13H26N2O/c14-15-12(10-11-4-1-5-11)6-2-7-13-8-3-9-16-13/h11-13,15H,1-10,14H2. The summed E-state index contributed by atoms with van der Waals surface area (Å²) in [5, 5.41) is 0. The second-order valence-electron chi connectivity index (χ2n) is 5.46. The normalized spacial score (nSPS) is 27.9. The fourth-order valence-electron chi connectivity index (χ4n) is 2.86. The van der Waals surface area contributed by atoms with E-state index in [0.717, 1.165) is 12.5 Å². The molecular formula is C13H26N2O. The van der Waals surface area contributed by atoms with E-state index in [-0.39, 0.29) is 0 Å². The third-order valence-corrected chi connectivity index (χ3v) is 4.18. The smallest absolute Gasteiger partial charge is 0.0576 e. The Morgan fingerprint density at radius 2 is 2.12 bits per heavy atom. The molecule has 1 saturated carbocycles. The van der Waals surface area contributed by atoms with Gasteiger partial charge in [-0.05, 0) is 44.4 Å². The molecule has 1 heterocycles. The molecule has 0 spiro atoms. The quantitative estimate of drug-likeness (QED) is 0.517. The molecule has 2 atom stereocenters. The third-order valence-electron chi connectivity index (χ3n) is 4.18. The van der Waals surface area contributed by atoms with E-state index in [1.165, 1.54) is 57.8 Å².